The number of nitrogens with two attached hydrogens (primary N) is 1. The maximum absolute atomic E-state index is 12.7. The predicted molar refractivity (Wildman–Crippen MR) is 105 cm³/mol. The van der Waals surface area contributed by atoms with E-state index in [-0.39, 0.29) is 22.3 Å². The van der Waals surface area contributed by atoms with Crippen molar-refractivity contribution in [2.24, 2.45) is 0 Å². The van der Waals surface area contributed by atoms with Crippen LogP contribution in [0.25, 0.3) is 5.69 Å². The van der Waals surface area contributed by atoms with Gasteiger partial charge in [-0.15, -0.1) is 0 Å². The number of fused-ring (bicyclic) bond motifs is 1. The zero-order chi connectivity index (χ0) is 18.3. The Kier molecular flexibility index (Phi) is 4.52. The summed E-state index contributed by atoms with van der Waals surface area (Å²) in [5.41, 5.74) is 2.93. The lowest BCUT2D eigenvalue weighted by molar-refractivity contribution is -0.690. The lowest BCUT2D eigenvalue weighted by Gasteiger charge is -2.24. The van der Waals surface area contributed by atoms with Crippen molar-refractivity contribution >= 4 is 28.1 Å². The van der Waals surface area contributed by atoms with Crippen molar-refractivity contribution < 1.29 is 10.4 Å². The smallest absolute Gasteiger partial charge is 0.265 e. The van der Waals surface area contributed by atoms with Crippen molar-refractivity contribution in [2.45, 2.75) is 12.5 Å². The molecule has 0 spiro atoms. The van der Waals surface area contributed by atoms with Crippen molar-refractivity contribution in [3.8, 4) is 11.6 Å². The average Bonchev–Trinajstić information content (AvgIpc) is 2.63. The van der Waals surface area contributed by atoms with E-state index < -0.39 is 0 Å². The Balaban J connectivity index is 1.94. The normalized spacial score (nSPS) is 16.3. The minimum absolute atomic E-state index is 0.112. The molecule has 0 bridgehead atoms. The van der Waals surface area contributed by atoms with Crippen molar-refractivity contribution in [3.63, 3.8) is 0 Å². The summed E-state index contributed by atoms with van der Waals surface area (Å²) in [4.78, 5) is 15.4. The van der Waals surface area contributed by atoms with E-state index in [2.05, 4.69) is 32.3 Å². The van der Waals surface area contributed by atoms with Crippen LogP contribution < -0.4 is 10.9 Å². The number of nitrogens with zero attached hydrogens (tertiary/aromatic N) is 1. The molecule has 1 aliphatic heterocycles. The number of aromatic amines is 1. The Hall–Kier alpha value is -2.22. The van der Waals surface area contributed by atoms with Gasteiger partial charge < -0.3 is 10.4 Å². The molecule has 4 rings (SSSR count). The highest BCUT2D eigenvalue weighted by Gasteiger charge is 2.31. The van der Waals surface area contributed by atoms with Gasteiger partial charge in [0.2, 0.25) is 5.88 Å². The Labute approximate surface area is 163 Å². The quantitative estimate of drug-likeness (QED) is 0.546. The van der Waals surface area contributed by atoms with Crippen LogP contribution in [0.3, 0.4) is 0 Å². The first-order valence-corrected chi connectivity index (χ1v) is 9.51. The standard InChI is InChI=1S/C19H16BrN3O2S/c20-12-5-7-13(8-6-12)23-18(25)15(17(24)22-19(23)26)16-14-4-2-1-3-11(14)9-10-21-16/h1-8,16,21,25H,9-10H2,(H,22,24,26)/p+1/t16-/m1/s1. The van der Waals surface area contributed by atoms with Crippen molar-refractivity contribution in [1.82, 2.24) is 9.55 Å². The number of benzene rings is 2. The summed E-state index contributed by atoms with van der Waals surface area (Å²) < 4.78 is 2.60. The number of aromatic nitrogens is 2. The van der Waals surface area contributed by atoms with Crippen LogP contribution in [-0.2, 0) is 6.42 Å². The second kappa shape index (κ2) is 6.83. The first-order valence-electron chi connectivity index (χ1n) is 8.31. The van der Waals surface area contributed by atoms with E-state index in [4.69, 9.17) is 12.2 Å². The number of hydrogen-bond acceptors (Lipinski definition) is 3. The van der Waals surface area contributed by atoms with E-state index >= 15 is 0 Å². The molecule has 0 saturated carbocycles. The molecule has 0 aliphatic carbocycles. The van der Waals surface area contributed by atoms with Gasteiger partial charge in [-0.05, 0) is 42.0 Å². The predicted octanol–water partition coefficient (Wildman–Crippen LogP) is 2.57. The van der Waals surface area contributed by atoms with Gasteiger partial charge in [-0.3, -0.25) is 14.3 Å². The molecule has 0 unspecified atom stereocenters. The van der Waals surface area contributed by atoms with Gasteiger partial charge in [0.25, 0.3) is 5.56 Å². The fraction of sp³-hybridized carbons (Fsp3) is 0.158. The number of aromatic hydroxyl groups is 1. The molecule has 2 heterocycles. The number of nitrogens with one attached hydrogen (secondary N) is 1. The first kappa shape index (κ1) is 17.2. The SMILES string of the molecule is O=c1[nH]c(=S)n(-c2ccc(Br)cc2)c(O)c1[C@@H]1[NH2+]CCc2ccccc21. The van der Waals surface area contributed by atoms with Gasteiger partial charge in [0.15, 0.2) is 4.77 Å². The van der Waals surface area contributed by atoms with Crippen LogP contribution in [0.15, 0.2) is 57.8 Å². The second-order valence-corrected chi connectivity index (χ2v) is 7.56. The highest BCUT2D eigenvalue weighted by molar-refractivity contribution is 9.10. The summed E-state index contributed by atoms with van der Waals surface area (Å²) >= 11 is 8.71. The monoisotopic (exact) mass is 430 g/mol. The van der Waals surface area contributed by atoms with E-state index in [0.717, 1.165) is 23.0 Å². The molecule has 3 aromatic rings. The van der Waals surface area contributed by atoms with Crippen LogP contribution in [0.2, 0.25) is 0 Å². The molecule has 5 nitrogen and oxygen atoms in total. The molecule has 2 aromatic carbocycles. The molecule has 26 heavy (non-hydrogen) atoms. The number of rotatable bonds is 2. The van der Waals surface area contributed by atoms with E-state index in [9.17, 15) is 9.90 Å². The lowest BCUT2D eigenvalue weighted by Crippen LogP contribution is -2.87. The summed E-state index contributed by atoms with van der Waals surface area (Å²) in [5, 5.41) is 13.1. The molecule has 7 heteroatoms. The molecular weight excluding hydrogens is 414 g/mol. The van der Waals surface area contributed by atoms with Gasteiger partial charge in [-0.1, -0.05) is 40.2 Å². The van der Waals surface area contributed by atoms with Crippen LogP contribution in [0, 0.1) is 4.77 Å². The largest absolute Gasteiger partial charge is 0.494 e. The first-order chi connectivity index (χ1) is 12.6. The number of quaternary nitrogens is 1. The molecule has 1 aliphatic rings. The van der Waals surface area contributed by atoms with Crippen LogP contribution in [0.4, 0.5) is 0 Å². The van der Waals surface area contributed by atoms with Gasteiger partial charge in [0.05, 0.1) is 12.2 Å². The third kappa shape index (κ3) is 2.92. The van der Waals surface area contributed by atoms with E-state index in [0.29, 0.717) is 11.3 Å². The van der Waals surface area contributed by atoms with E-state index in [1.54, 1.807) is 0 Å². The lowest BCUT2D eigenvalue weighted by atomic mass is 9.90. The van der Waals surface area contributed by atoms with Crippen molar-refractivity contribution in [1.29, 1.82) is 0 Å². The fourth-order valence-electron chi connectivity index (χ4n) is 3.52. The molecule has 0 saturated heterocycles. The van der Waals surface area contributed by atoms with E-state index in [1.807, 2.05) is 42.5 Å². The number of halogens is 1. The number of hydrogen-bond donors (Lipinski definition) is 3. The third-order valence-electron chi connectivity index (χ3n) is 4.72. The Morgan fingerprint density at radius 3 is 2.69 bits per heavy atom. The molecule has 4 N–H and O–H groups in total. The summed E-state index contributed by atoms with van der Waals surface area (Å²) in [6.45, 7) is 0.856. The molecule has 0 amide bonds. The van der Waals surface area contributed by atoms with Crippen molar-refractivity contribution in [2.75, 3.05) is 6.54 Å². The van der Waals surface area contributed by atoms with Gasteiger partial charge >= 0.3 is 0 Å². The summed E-state index contributed by atoms with van der Waals surface area (Å²) in [5.74, 6) is -0.112. The molecule has 1 aromatic heterocycles. The fourth-order valence-corrected chi connectivity index (χ4v) is 4.07. The average molecular weight is 431 g/mol. The molecule has 132 valence electrons. The summed E-state index contributed by atoms with van der Waals surface area (Å²) in [6, 6.07) is 15.2. The topological polar surface area (TPSA) is 74.6 Å². The maximum atomic E-state index is 12.7. The minimum Gasteiger partial charge on any atom is -0.494 e. The van der Waals surface area contributed by atoms with Gasteiger partial charge in [0, 0.05) is 16.5 Å². The van der Waals surface area contributed by atoms with Gasteiger partial charge in [-0.2, -0.15) is 0 Å². The Morgan fingerprint density at radius 2 is 1.92 bits per heavy atom. The van der Waals surface area contributed by atoms with E-state index in [1.165, 1.54) is 10.1 Å². The van der Waals surface area contributed by atoms with Crippen LogP contribution >= 0.6 is 28.1 Å². The van der Waals surface area contributed by atoms with Gasteiger partial charge in [0.1, 0.15) is 11.6 Å². The maximum Gasteiger partial charge on any atom is 0.265 e. The minimum atomic E-state index is -0.348. The molecule has 0 fully saturated rings. The molecule has 0 radical (unpaired) electrons. The van der Waals surface area contributed by atoms with Crippen LogP contribution in [-0.4, -0.2) is 21.2 Å². The highest BCUT2D eigenvalue weighted by atomic mass is 79.9. The number of H-pyrrole nitrogens is 1. The molecule has 1 atom stereocenters. The Bertz CT molecular complexity index is 1090. The summed E-state index contributed by atoms with van der Waals surface area (Å²) in [7, 11) is 0. The second-order valence-electron chi connectivity index (χ2n) is 6.26. The van der Waals surface area contributed by atoms with Crippen molar-refractivity contribution in [3.05, 3.63) is 84.8 Å². The summed E-state index contributed by atoms with van der Waals surface area (Å²) in [6.07, 6.45) is 0.942. The Morgan fingerprint density at radius 1 is 1.19 bits per heavy atom. The van der Waals surface area contributed by atoms with Crippen LogP contribution in [0.1, 0.15) is 22.7 Å². The van der Waals surface area contributed by atoms with Crippen LogP contribution in [0.5, 0.6) is 5.88 Å². The highest BCUT2D eigenvalue weighted by Crippen LogP contribution is 2.29. The molecular formula is C19H17BrN3O2S+. The zero-order valence-corrected chi connectivity index (χ0v) is 16.2. The zero-order valence-electron chi connectivity index (χ0n) is 13.8. The van der Waals surface area contributed by atoms with Gasteiger partial charge in [-0.25, -0.2) is 0 Å². The third-order valence-corrected chi connectivity index (χ3v) is 5.54.